The Morgan fingerprint density at radius 2 is 1.97 bits per heavy atom. The summed E-state index contributed by atoms with van der Waals surface area (Å²) >= 11 is 0. The molecule has 158 valence electrons. The molecule has 4 atom stereocenters. The number of nitrogens with zero attached hydrogens (tertiary/aromatic N) is 2. The van der Waals surface area contributed by atoms with Gasteiger partial charge in [0.05, 0.1) is 24.6 Å². The molecule has 3 fully saturated rings. The summed E-state index contributed by atoms with van der Waals surface area (Å²) in [4.78, 5) is 44.0. The first-order valence-electron chi connectivity index (χ1n) is 10.4. The Hall–Kier alpha value is -3.26. The molecule has 0 radical (unpaired) electrons. The van der Waals surface area contributed by atoms with Crippen LogP contribution in [0.5, 0.6) is 5.75 Å². The van der Waals surface area contributed by atoms with Crippen molar-refractivity contribution in [2.45, 2.75) is 24.4 Å². The highest BCUT2D eigenvalue weighted by Crippen LogP contribution is 2.60. The maximum absolute atomic E-state index is 14.3. The van der Waals surface area contributed by atoms with Gasteiger partial charge >= 0.3 is 0 Å². The minimum Gasteiger partial charge on any atom is -0.497 e. The van der Waals surface area contributed by atoms with Crippen molar-refractivity contribution >= 4 is 29.1 Å². The van der Waals surface area contributed by atoms with Crippen LogP contribution in [0.3, 0.4) is 0 Å². The molecular weight excluding hydrogens is 401 g/mol. The van der Waals surface area contributed by atoms with Crippen LogP contribution < -0.4 is 15.0 Å². The number of imide groups is 1. The summed E-state index contributed by atoms with van der Waals surface area (Å²) < 4.78 is 19.5. The topological polar surface area (TPSA) is 78.9 Å². The summed E-state index contributed by atoms with van der Waals surface area (Å²) in [5, 5.41) is 2.84. The minimum atomic E-state index is -1.37. The van der Waals surface area contributed by atoms with Crippen molar-refractivity contribution in [1.82, 2.24) is 4.90 Å². The average Bonchev–Trinajstić information content (AvgIpc) is 3.46. The Labute approximate surface area is 177 Å². The van der Waals surface area contributed by atoms with Crippen LogP contribution in [0.15, 0.2) is 42.5 Å². The van der Waals surface area contributed by atoms with E-state index in [4.69, 9.17) is 4.74 Å². The van der Waals surface area contributed by atoms with Gasteiger partial charge in [-0.2, -0.15) is 0 Å². The van der Waals surface area contributed by atoms with Gasteiger partial charge in [0.15, 0.2) is 0 Å². The van der Waals surface area contributed by atoms with Crippen molar-refractivity contribution in [1.29, 1.82) is 0 Å². The van der Waals surface area contributed by atoms with Gasteiger partial charge in [-0.15, -0.1) is 0 Å². The first kappa shape index (κ1) is 18.5. The first-order valence-corrected chi connectivity index (χ1v) is 10.4. The Morgan fingerprint density at radius 3 is 2.77 bits per heavy atom. The number of carbonyl (C=O) groups is 3. The van der Waals surface area contributed by atoms with E-state index >= 15 is 0 Å². The van der Waals surface area contributed by atoms with Gasteiger partial charge in [-0.3, -0.25) is 19.3 Å². The zero-order chi connectivity index (χ0) is 21.5. The highest BCUT2D eigenvalue weighted by Gasteiger charge is 2.74. The molecule has 4 aliphatic rings. The number of halogens is 1. The number of benzene rings is 2. The summed E-state index contributed by atoms with van der Waals surface area (Å²) in [6.45, 7) is 0.584. The number of rotatable bonds is 2. The van der Waals surface area contributed by atoms with Gasteiger partial charge in [-0.25, -0.2) is 9.29 Å². The molecule has 7 nitrogen and oxygen atoms in total. The second-order valence-electron chi connectivity index (χ2n) is 8.53. The Bertz CT molecular complexity index is 1170. The normalized spacial score (nSPS) is 31.2. The Kier molecular flexibility index (Phi) is 3.66. The summed E-state index contributed by atoms with van der Waals surface area (Å²) in [6.07, 6.45) is 1.53. The quantitative estimate of drug-likeness (QED) is 0.753. The number of methoxy groups -OCH3 is 1. The van der Waals surface area contributed by atoms with Gasteiger partial charge < -0.3 is 10.1 Å². The van der Waals surface area contributed by atoms with Crippen LogP contribution in [0.4, 0.5) is 15.8 Å². The van der Waals surface area contributed by atoms with Crippen LogP contribution in [0.2, 0.25) is 0 Å². The molecule has 0 aliphatic carbocycles. The van der Waals surface area contributed by atoms with E-state index in [0.717, 1.165) is 6.42 Å². The lowest BCUT2D eigenvalue weighted by molar-refractivity contribution is -0.135. The number of anilines is 2. The van der Waals surface area contributed by atoms with Crippen molar-refractivity contribution in [2.24, 2.45) is 11.8 Å². The van der Waals surface area contributed by atoms with E-state index in [1.807, 2.05) is 4.90 Å². The molecule has 31 heavy (non-hydrogen) atoms. The zero-order valence-electron chi connectivity index (χ0n) is 16.8. The van der Waals surface area contributed by atoms with Crippen molar-refractivity contribution < 1.29 is 23.5 Å². The molecule has 3 saturated heterocycles. The SMILES string of the molecule is COc1cccc(N2C(=O)[C@@H]3[C@@H](C2=O)[C@]2(C(=O)Nc4ccc(F)cc42)N2CCC[C@@H]32)c1. The van der Waals surface area contributed by atoms with E-state index in [0.29, 0.717) is 35.7 Å². The van der Waals surface area contributed by atoms with E-state index in [1.165, 1.54) is 30.2 Å². The second-order valence-corrected chi connectivity index (χ2v) is 8.53. The lowest BCUT2D eigenvalue weighted by Crippen LogP contribution is -2.54. The van der Waals surface area contributed by atoms with E-state index in [9.17, 15) is 18.8 Å². The maximum Gasteiger partial charge on any atom is 0.250 e. The largest absolute Gasteiger partial charge is 0.497 e. The van der Waals surface area contributed by atoms with Crippen LogP contribution in [0.1, 0.15) is 18.4 Å². The molecule has 3 amide bonds. The number of carbonyl (C=O) groups excluding carboxylic acids is 3. The molecule has 8 heteroatoms. The van der Waals surface area contributed by atoms with Crippen molar-refractivity contribution in [2.75, 3.05) is 23.9 Å². The third-order valence-electron chi connectivity index (χ3n) is 7.27. The lowest BCUT2D eigenvalue weighted by Gasteiger charge is -2.36. The summed E-state index contributed by atoms with van der Waals surface area (Å²) in [5.74, 6) is -2.60. The number of hydrogen-bond acceptors (Lipinski definition) is 5. The zero-order valence-corrected chi connectivity index (χ0v) is 16.8. The fraction of sp³-hybridized carbons (Fsp3) is 0.348. The first-order chi connectivity index (χ1) is 15.0. The van der Waals surface area contributed by atoms with Gasteiger partial charge in [0.2, 0.25) is 17.7 Å². The van der Waals surface area contributed by atoms with Gasteiger partial charge in [0.25, 0.3) is 0 Å². The van der Waals surface area contributed by atoms with Gasteiger partial charge in [-0.1, -0.05) is 6.07 Å². The summed E-state index contributed by atoms with van der Waals surface area (Å²) in [7, 11) is 1.52. The fourth-order valence-corrected chi connectivity index (χ4v) is 6.18. The van der Waals surface area contributed by atoms with E-state index in [2.05, 4.69) is 5.32 Å². The fourth-order valence-electron chi connectivity index (χ4n) is 6.18. The molecule has 0 bridgehead atoms. The standard InChI is InChI=1S/C23H20FN3O4/c1-31-14-5-2-4-13(11-14)27-20(28)18-17-6-3-9-26(17)23(19(18)21(27)29)15-10-12(24)7-8-16(15)25-22(23)30/h2,4-5,7-8,10-11,17-19H,3,6,9H2,1H3,(H,25,30)/t17-,18-,19-,23+/m0/s1. The summed E-state index contributed by atoms with van der Waals surface area (Å²) in [5.41, 5.74) is -0.00600. The molecule has 4 heterocycles. The number of ether oxygens (including phenoxy) is 1. The summed E-state index contributed by atoms with van der Waals surface area (Å²) in [6, 6.07) is 10.7. The molecule has 4 aliphatic heterocycles. The highest BCUT2D eigenvalue weighted by atomic mass is 19.1. The monoisotopic (exact) mass is 421 g/mol. The van der Waals surface area contributed by atoms with Crippen LogP contribution in [0, 0.1) is 17.7 Å². The molecule has 6 rings (SSSR count). The predicted octanol–water partition coefficient (Wildman–Crippen LogP) is 2.27. The van der Waals surface area contributed by atoms with Gasteiger partial charge in [0.1, 0.15) is 17.1 Å². The number of hydrogen-bond donors (Lipinski definition) is 1. The maximum atomic E-state index is 14.3. The third-order valence-corrected chi connectivity index (χ3v) is 7.27. The highest BCUT2D eigenvalue weighted by molar-refractivity contribution is 6.25. The van der Waals surface area contributed by atoms with Crippen molar-refractivity contribution in [3.05, 3.63) is 53.8 Å². The van der Waals surface area contributed by atoms with Gasteiger partial charge in [0, 0.05) is 23.4 Å². The molecule has 0 saturated carbocycles. The van der Waals surface area contributed by atoms with Crippen LogP contribution >= 0.6 is 0 Å². The molecular formula is C23H20FN3O4. The van der Waals surface area contributed by atoms with E-state index in [-0.39, 0.29) is 17.9 Å². The third kappa shape index (κ3) is 2.13. The molecule has 2 aromatic carbocycles. The molecule has 0 unspecified atom stereocenters. The van der Waals surface area contributed by atoms with Crippen LogP contribution in [-0.4, -0.2) is 42.3 Å². The van der Waals surface area contributed by atoms with Crippen molar-refractivity contribution in [3.8, 4) is 5.75 Å². The Balaban J connectivity index is 1.55. The minimum absolute atomic E-state index is 0.239. The molecule has 0 aromatic heterocycles. The van der Waals surface area contributed by atoms with Crippen LogP contribution in [0.25, 0.3) is 0 Å². The second kappa shape index (κ2) is 6.13. The van der Waals surface area contributed by atoms with Gasteiger partial charge in [-0.05, 0) is 49.7 Å². The van der Waals surface area contributed by atoms with E-state index < -0.39 is 29.1 Å². The Morgan fingerprint density at radius 1 is 1.13 bits per heavy atom. The number of amides is 3. The molecule has 2 aromatic rings. The van der Waals surface area contributed by atoms with E-state index in [1.54, 1.807) is 24.3 Å². The predicted molar refractivity (Wildman–Crippen MR) is 109 cm³/mol. The average molecular weight is 421 g/mol. The molecule has 1 N–H and O–H groups in total. The van der Waals surface area contributed by atoms with Crippen molar-refractivity contribution in [3.63, 3.8) is 0 Å². The number of fused-ring (bicyclic) bond motifs is 7. The lowest BCUT2D eigenvalue weighted by atomic mass is 9.75. The number of nitrogens with one attached hydrogen (secondary N) is 1. The molecule has 1 spiro atoms. The van der Waals surface area contributed by atoms with Crippen LogP contribution in [-0.2, 0) is 19.9 Å². The smallest absolute Gasteiger partial charge is 0.250 e.